The fourth-order valence-electron chi connectivity index (χ4n) is 4.64. The minimum atomic E-state index is -5.68. The van der Waals surface area contributed by atoms with Crippen molar-refractivity contribution in [1.82, 2.24) is 4.90 Å². The summed E-state index contributed by atoms with van der Waals surface area (Å²) in [5, 5.41) is 17.8. The van der Waals surface area contributed by atoms with E-state index >= 15 is 0 Å². The third kappa shape index (κ3) is 9.25. The number of anilines is 1. The number of nitrogens with two attached hydrogens (primary N) is 1. The summed E-state index contributed by atoms with van der Waals surface area (Å²) in [7, 11) is -3.15. The molecule has 1 aromatic rings. The average Bonchev–Trinajstić information content (AvgIpc) is 3.04. The summed E-state index contributed by atoms with van der Waals surface area (Å²) in [5.41, 5.74) is -4.62. The normalized spacial score (nSPS) is 17.2. The Hall–Kier alpha value is -3.02. The Balaban J connectivity index is 1.83. The topological polar surface area (TPSA) is 127 Å². The number of nitro groups is 1. The molecular weight excluding hydrogens is 632 g/mol. The Morgan fingerprint density at radius 3 is 2.07 bits per heavy atom. The predicted octanol–water partition coefficient (Wildman–Crippen LogP) is 6.83. The molecule has 0 radical (unpaired) electrons. The summed E-state index contributed by atoms with van der Waals surface area (Å²) < 4.78 is 115. The first-order valence-electron chi connectivity index (χ1n) is 13.6. The lowest BCUT2D eigenvalue weighted by molar-refractivity contribution is -0.388. The van der Waals surface area contributed by atoms with Gasteiger partial charge in [-0.2, -0.15) is 35.1 Å². The van der Waals surface area contributed by atoms with Gasteiger partial charge in [0.05, 0.1) is 10.6 Å². The Morgan fingerprint density at radius 1 is 0.955 bits per heavy atom. The number of halogens is 8. The van der Waals surface area contributed by atoms with E-state index in [0.717, 1.165) is 6.07 Å². The number of alkyl halides is 8. The third-order valence-electron chi connectivity index (χ3n) is 7.17. The second-order valence-electron chi connectivity index (χ2n) is 11.0. The molecule has 1 saturated heterocycles. The molecule has 0 bridgehead atoms. The van der Waals surface area contributed by atoms with Crippen LogP contribution < -0.4 is 10.0 Å². The van der Waals surface area contributed by atoms with Crippen LogP contribution in [0.3, 0.4) is 0 Å². The first-order chi connectivity index (χ1) is 20.0. The molecule has 0 aliphatic carbocycles. The fraction of sp³-hybridized carbons (Fsp3) is 0.654. The zero-order valence-corrected chi connectivity index (χ0v) is 24.8. The number of unbranched alkanes of at least 4 members (excludes halogenated alkanes) is 6. The molecule has 9 nitrogen and oxygen atoms in total. The molecule has 1 unspecified atom stereocenters. The van der Waals surface area contributed by atoms with Gasteiger partial charge in [-0.25, -0.2) is 9.69 Å². The van der Waals surface area contributed by atoms with Crippen molar-refractivity contribution in [3.8, 4) is 0 Å². The predicted molar refractivity (Wildman–Crippen MR) is 148 cm³/mol. The molecule has 250 valence electrons. The summed E-state index contributed by atoms with van der Waals surface area (Å²) in [4.78, 5) is 37.7. The minimum absolute atomic E-state index is 0.115. The van der Waals surface area contributed by atoms with Crippen LogP contribution in [0.25, 0.3) is 0 Å². The maximum absolute atomic E-state index is 13.4. The quantitative estimate of drug-likeness (QED) is 0.0549. The van der Waals surface area contributed by atoms with Gasteiger partial charge >= 0.3 is 24.3 Å². The summed E-state index contributed by atoms with van der Waals surface area (Å²) >= 11 is 0. The Morgan fingerprint density at radius 2 is 1.52 bits per heavy atom. The van der Waals surface area contributed by atoms with Gasteiger partial charge in [0, 0.05) is 34.5 Å². The van der Waals surface area contributed by atoms with Crippen LogP contribution in [0.5, 0.6) is 0 Å². The van der Waals surface area contributed by atoms with Gasteiger partial charge in [0.25, 0.3) is 11.6 Å². The number of hydrogen-bond acceptors (Lipinski definition) is 5. The maximum Gasteiger partial charge on any atom is 0.453 e. The number of nitro benzene ring substituents is 1. The Kier molecular flexibility index (Phi) is 11.8. The molecular formula is C26H34F8N4O5S. The average molecular weight is 667 g/mol. The van der Waals surface area contributed by atoms with Gasteiger partial charge < -0.3 is 4.90 Å². The highest BCUT2D eigenvalue weighted by molar-refractivity contribution is 7.99. The molecule has 3 amide bonds. The number of hydrogen-bond donors (Lipinski definition) is 1. The van der Waals surface area contributed by atoms with Crippen LogP contribution in [0.1, 0.15) is 77.2 Å². The van der Waals surface area contributed by atoms with Gasteiger partial charge in [-0.1, -0.05) is 25.7 Å². The number of urea groups is 1. The number of nitrogens with zero attached hydrogens (tertiary/aromatic N) is 3. The molecule has 18 heteroatoms. The molecule has 1 aliphatic heterocycles. The molecule has 44 heavy (non-hydrogen) atoms. The molecule has 0 saturated carbocycles. The number of amides is 3. The molecule has 1 aromatic carbocycles. The minimum Gasteiger partial charge on any atom is -0.310 e. The molecule has 1 heterocycles. The number of imide groups is 1. The van der Waals surface area contributed by atoms with E-state index in [2.05, 4.69) is 0 Å². The smallest absolute Gasteiger partial charge is 0.310 e. The lowest BCUT2D eigenvalue weighted by atomic mass is 10.0. The van der Waals surface area contributed by atoms with E-state index < -0.39 is 85.9 Å². The van der Waals surface area contributed by atoms with E-state index in [1.165, 1.54) is 24.1 Å². The lowest BCUT2D eigenvalue weighted by Crippen LogP contribution is -2.44. The van der Waals surface area contributed by atoms with Crippen molar-refractivity contribution in [2.45, 2.75) is 95.4 Å². The second kappa shape index (κ2) is 14.0. The van der Waals surface area contributed by atoms with Gasteiger partial charge in [0.1, 0.15) is 11.1 Å². The molecule has 1 fully saturated rings. The van der Waals surface area contributed by atoms with E-state index in [4.69, 9.17) is 5.14 Å². The van der Waals surface area contributed by atoms with Crippen LogP contribution in [0.2, 0.25) is 0 Å². The Bertz CT molecular complexity index is 1340. The van der Waals surface area contributed by atoms with Crippen LogP contribution in [-0.2, 0) is 20.7 Å². The number of benzene rings is 1. The van der Waals surface area contributed by atoms with Crippen molar-refractivity contribution in [3.63, 3.8) is 0 Å². The first-order valence-corrected chi connectivity index (χ1v) is 15.5. The van der Waals surface area contributed by atoms with Crippen molar-refractivity contribution in [3.05, 3.63) is 33.9 Å². The van der Waals surface area contributed by atoms with Crippen LogP contribution in [0.15, 0.2) is 18.2 Å². The van der Waals surface area contributed by atoms with Crippen molar-refractivity contribution in [1.29, 1.82) is 0 Å². The van der Waals surface area contributed by atoms with Gasteiger partial charge in [-0.3, -0.25) is 24.3 Å². The summed E-state index contributed by atoms with van der Waals surface area (Å²) in [6.45, 7) is 3.00. The summed E-state index contributed by atoms with van der Waals surface area (Å²) in [5.74, 6) is -6.15. The van der Waals surface area contributed by atoms with Crippen molar-refractivity contribution in [2.24, 2.45) is 5.14 Å². The summed E-state index contributed by atoms with van der Waals surface area (Å²) in [6, 6.07) is 1.05. The molecule has 2 rings (SSSR count). The largest absolute Gasteiger partial charge is 0.453 e. The van der Waals surface area contributed by atoms with Crippen LogP contribution in [0, 0.1) is 10.1 Å². The molecule has 2 N–H and O–H groups in total. The molecule has 0 spiro atoms. The standard InChI is InChI=1S/C26H34F8N4O5S/c1-23(2)21(39)37(18-11-12-20(38(41)42)19(17-18)25(29,30)31)22(40)36(23)14-8-6-4-3-5-7-9-15-44(35,43)16-10-13-24(27,28)26(32,33)34/h11-12,15,17H,3-10,13-14,16H2,1-2H3,(H2,35,43). The van der Waals surface area contributed by atoms with Crippen molar-refractivity contribution >= 4 is 38.4 Å². The van der Waals surface area contributed by atoms with Crippen molar-refractivity contribution < 1.29 is 53.8 Å². The SMILES string of the molecule is CC1(C)C(=O)N(c2ccc([N+](=O)[O-])c(C(F)(F)F)c2)C(=O)N1CCCCCCCCC=S(N)(=O)CCCC(F)(F)C(F)(F)F. The number of carbonyl (C=O) groups is 2. The van der Waals surface area contributed by atoms with Gasteiger partial charge in [-0.05, 0) is 57.0 Å². The van der Waals surface area contributed by atoms with Gasteiger partial charge in [0.2, 0.25) is 0 Å². The highest BCUT2D eigenvalue weighted by Crippen LogP contribution is 2.41. The van der Waals surface area contributed by atoms with Crippen molar-refractivity contribution in [2.75, 3.05) is 17.2 Å². The van der Waals surface area contributed by atoms with E-state index in [1.54, 1.807) is 0 Å². The van der Waals surface area contributed by atoms with E-state index in [1.807, 2.05) is 0 Å². The van der Waals surface area contributed by atoms with Crippen LogP contribution >= 0.6 is 0 Å². The zero-order chi connectivity index (χ0) is 33.7. The van der Waals surface area contributed by atoms with E-state index in [-0.39, 0.29) is 13.0 Å². The fourth-order valence-corrected chi connectivity index (χ4v) is 5.96. The van der Waals surface area contributed by atoms with E-state index in [9.17, 15) is 59.0 Å². The highest BCUT2D eigenvalue weighted by atomic mass is 32.2. The lowest BCUT2D eigenvalue weighted by Gasteiger charge is -2.27. The van der Waals surface area contributed by atoms with Gasteiger partial charge in [0.15, 0.2) is 0 Å². The summed E-state index contributed by atoms with van der Waals surface area (Å²) in [6.07, 6.45) is -8.96. The molecule has 1 atom stereocenters. The highest BCUT2D eigenvalue weighted by Gasteiger charge is 2.56. The number of carbonyl (C=O) groups excluding carboxylic acids is 2. The number of rotatable bonds is 15. The monoisotopic (exact) mass is 666 g/mol. The molecule has 0 aromatic heterocycles. The first kappa shape index (κ1) is 37.2. The van der Waals surface area contributed by atoms with Gasteiger partial charge in [-0.15, -0.1) is 0 Å². The second-order valence-corrected chi connectivity index (χ2v) is 13.3. The van der Waals surface area contributed by atoms with Crippen LogP contribution in [-0.4, -0.2) is 61.3 Å². The maximum atomic E-state index is 13.4. The van der Waals surface area contributed by atoms with Crippen LogP contribution in [0.4, 0.5) is 51.3 Å². The van der Waals surface area contributed by atoms with E-state index in [0.29, 0.717) is 55.6 Å². The third-order valence-corrected chi connectivity index (χ3v) is 8.90. The molecule has 1 aliphatic rings. The zero-order valence-electron chi connectivity index (χ0n) is 24.0. The Labute approximate surface area is 249 Å².